The Kier molecular flexibility index (Phi) is 6.02. The number of furan rings is 2. The van der Waals surface area contributed by atoms with Crippen LogP contribution in [0.3, 0.4) is 0 Å². The molecule has 0 radical (unpaired) electrons. The lowest BCUT2D eigenvalue weighted by molar-refractivity contribution is 0.645. The van der Waals surface area contributed by atoms with Crippen LogP contribution in [0.25, 0.3) is 110 Å². The molecular formula is C50H30N2O2. The van der Waals surface area contributed by atoms with Gasteiger partial charge in [0.05, 0.1) is 21.9 Å². The van der Waals surface area contributed by atoms with Crippen LogP contribution in [-0.2, 0) is 0 Å². The minimum atomic E-state index is 0.855. The van der Waals surface area contributed by atoms with Crippen molar-refractivity contribution in [3.8, 4) is 33.6 Å². The van der Waals surface area contributed by atoms with Crippen LogP contribution in [0, 0.1) is 0 Å². The van der Waals surface area contributed by atoms with E-state index in [1.54, 1.807) is 0 Å². The van der Waals surface area contributed by atoms with E-state index in [2.05, 4.69) is 179 Å². The number of fused-ring (bicyclic) bond motifs is 11. The van der Waals surface area contributed by atoms with Gasteiger partial charge in [0.1, 0.15) is 16.7 Å². The summed E-state index contributed by atoms with van der Waals surface area (Å²) in [5, 5.41) is 8.14. The first-order valence-electron chi connectivity index (χ1n) is 18.3. The molecule has 0 aliphatic heterocycles. The Morgan fingerprint density at radius 1 is 0.333 bits per heavy atom. The molecule has 0 amide bonds. The van der Waals surface area contributed by atoms with Crippen LogP contribution in [0.15, 0.2) is 191 Å². The molecule has 0 spiro atoms. The van der Waals surface area contributed by atoms with Gasteiger partial charge in [-0.15, -0.1) is 0 Å². The van der Waals surface area contributed by atoms with Gasteiger partial charge in [-0.2, -0.15) is 0 Å². The molecule has 4 heterocycles. The maximum Gasteiger partial charge on any atom is 0.213 e. The smallest absolute Gasteiger partial charge is 0.213 e. The van der Waals surface area contributed by atoms with Crippen LogP contribution < -0.4 is 0 Å². The summed E-state index contributed by atoms with van der Waals surface area (Å²) in [6, 6.07) is 64.7. The van der Waals surface area contributed by atoms with Gasteiger partial charge < -0.3 is 13.4 Å². The highest BCUT2D eigenvalue weighted by Gasteiger charge is 2.22. The summed E-state index contributed by atoms with van der Waals surface area (Å²) in [5.41, 5.74) is 13.8. The Bertz CT molecular complexity index is 3380. The second kappa shape index (κ2) is 11.1. The number of hydrogen-bond acceptors (Lipinski definition) is 2. The molecule has 0 fully saturated rings. The van der Waals surface area contributed by atoms with E-state index in [0.29, 0.717) is 0 Å². The second-order valence-electron chi connectivity index (χ2n) is 14.1. The molecule has 12 aromatic rings. The number of nitrogens with zero attached hydrogens (tertiary/aromatic N) is 2. The van der Waals surface area contributed by atoms with Gasteiger partial charge >= 0.3 is 0 Å². The minimum absolute atomic E-state index is 0.855. The van der Waals surface area contributed by atoms with E-state index in [4.69, 9.17) is 8.83 Å². The predicted octanol–water partition coefficient (Wildman–Crippen LogP) is 13.9. The molecule has 0 N–H and O–H groups in total. The number of benzene rings is 8. The third-order valence-corrected chi connectivity index (χ3v) is 11.1. The first-order valence-corrected chi connectivity index (χ1v) is 18.3. The van der Waals surface area contributed by atoms with E-state index in [-0.39, 0.29) is 0 Å². The van der Waals surface area contributed by atoms with Crippen molar-refractivity contribution in [1.82, 2.24) is 9.13 Å². The topological polar surface area (TPSA) is 36.1 Å². The van der Waals surface area contributed by atoms with Gasteiger partial charge in [0, 0.05) is 49.3 Å². The Hall–Kier alpha value is -7.30. The number of hydrogen-bond donors (Lipinski definition) is 0. The van der Waals surface area contributed by atoms with Crippen molar-refractivity contribution in [2.75, 3.05) is 0 Å². The van der Waals surface area contributed by atoms with Crippen LogP contribution in [0.5, 0.6) is 0 Å². The van der Waals surface area contributed by atoms with Crippen molar-refractivity contribution < 1.29 is 8.83 Å². The predicted molar refractivity (Wildman–Crippen MR) is 223 cm³/mol. The molecule has 0 aliphatic carbocycles. The average Bonchev–Trinajstić information content (AvgIpc) is 3.98. The molecule has 8 aromatic carbocycles. The standard InChI is InChI=1S/C50H30N2O2/c1-2-11-34(12-3-1)52-49-36(16-10-17-40(49)48-39-15-6-9-20-45(39)54-50(48)52)33-24-28-47-42(30-33)41-29-32(23-27-46(41)53-47)31-21-25-35(26-22-31)51-43-18-7-4-13-37(43)38-14-5-8-19-44(38)51/h1-30H. The highest BCUT2D eigenvalue weighted by molar-refractivity contribution is 6.22. The first-order chi connectivity index (χ1) is 26.8. The van der Waals surface area contributed by atoms with E-state index in [9.17, 15) is 0 Å². The Balaban J connectivity index is 1.01. The molecule has 0 saturated carbocycles. The zero-order chi connectivity index (χ0) is 35.3. The first kappa shape index (κ1) is 29.3. The van der Waals surface area contributed by atoms with Gasteiger partial charge in [-0.1, -0.05) is 115 Å². The SMILES string of the molecule is c1ccc(-n2c3oc4ccccc4c3c3cccc(-c4ccc5oc6ccc(-c7ccc(-n8c9ccccc9c9ccccc98)cc7)cc6c5c4)c32)cc1. The summed E-state index contributed by atoms with van der Waals surface area (Å²) in [6.07, 6.45) is 0. The molecule has 0 aliphatic rings. The monoisotopic (exact) mass is 690 g/mol. The van der Waals surface area contributed by atoms with Gasteiger partial charge in [-0.05, 0) is 83.4 Å². The lowest BCUT2D eigenvalue weighted by Crippen LogP contribution is -1.94. The molecule has 0 saturated heterocycles. The maximum atomic E-state index is 6.60. The third-order valence-electron chi connectivity index (χ3n) is 11.1. The lowest BCUT2D eigenvalue weighted by atomic mass is 9.98. The second-order valence-corrected chi connectivity index (χ2v) is 14.1. The zero-order valence-corrected chi connectivity index (χ0v) is 29.0. The molecule has 252 valence electrons. The van der Waals surface area contributed by atoms with E-state index < -0.39 is 0 Å². The summed E-state index contributed by atoms with van der Waals surface area (Å²) >= 11 is 0. The highest BCUT2D eigenvalue weighted by Crippen LogP contribution is 2.44. The fourth-order valence-corrected chi connectivity index (χ4v) is 8.72. The van der Waals surface area contributed by atoms with Gasteiger partial charge in [0.25, 0.3) is 0 Å². The van der Waals surface area contributed by atoms with Crippen LogP contribution in [0.1, 0.15) is 0 Å². The van der Waals surface area contributed by atoms with Crippen molar-refractivity contribution >= 4 is 76.7 Å². The molecule has 0 bridgehead atoms. The number of para-hydroxylation sites is 5. The lowest BCUT2D eigenvalue weighted by Gasteiger charge is -2.11. The van der Waals surface area contributed by atoms with Gasteiger partial charge in [-0.25, -0.2) is 0 Å². The Labute approximate surface area is 309 Å². The highest BCUT2D eigenvalue weighted by atomic mass is 16.3. The van der Waals surface area contributed by atoms with Crippen molar-refractivity contribution in [3.63, 3.8) is 0 Å². The fourth-order valence-electron chi connectivity index (χ4n) is 8.72. The van der Waals surface area contributed by atoms with E-state index in [1.807, 2.05) is 12.1 Å². The molecule has 54 heavy (non-hydrogen) atoms. The summed E-state index contributed by atoms with van der Waals surface area (Å²) in [5.74, 6) is 0. The molecule has 12 rings (SSSR count). The molecular weight excluding hydrogens is 661 g/mol. The number of aromatic nitrogens is 2. The summed E-state index contributed by atoms with van der Waals surface area (Å²) < 4.78 is 17.7. The average molecular weight is 691 g/mol. The molecule has 0 atom stereocenters. The van der Waals surface area contributed by atoms with Gasteiger partial charge in [0.15, 0.2) is 0 Å². The zero-order valence-electron chi connectivity index (χ0n) is 29.0. The van der Waals surface area contributed by atoms with Crippen molar-refractivity contribution in [2.45, 2.75) is 0 Å². The molecule has 0 unspecified atom stereocenters. The third kappa shape index (κ3) is 4.13. The molecule has 4 heteroatoms. The van der Waals surface area contributed by atoms with Gasteiger partial charge in [0.2, 0.25) is 5.71 Å². The van der Waals surface area contributed by atoms with Crippen LogP contribution in [0.4, 0.5) is 0 Å². The van der Waals surface area contributed by atoms with Crippen molar-refractivity contribution in [3.05, 3.63) is 182 Å². The van der Waals surface area contributed by atoms with Crippen LogP contribution in [-0.4, -0.2) is 9.13 Å². The maximum absolute atomic E-state index is 6.60. The summed E-state index contributed by atoms with van der Waals surface area (Å²) in [6.45, 7) is 0. The van der Waals surface area contributed by atoms with Crippen molar-refractivity contribution in [2.24, 2.45) is 0 Å². The quantitative estimate of drug-likeness (QED) is 0.184. The van der Waals surface area contributed by atoms with Crippen molar-refractivity contribution in [1.29, 1.82) is 0 Å². The summed E-state index contributed by atoms with van der Waals surface area (Å²) in [7, 11) is 0. The summed E-state index contributed by atoms with van der Waals surface area (Å²) in [4.78, 5) is 0. The minimum Gasteiger partial charge on any atom is -0.456 e. The molecule has 4 nitrogen and oxygen atoms in total. The van der Waals surface area contributed by atoms with Crippen LogP contribution in [0.2, 0.25) is 0 Å². The van der Waals surface area contributed by atoms with Gasteiger partial charge in [-0.3, -0.25) is 4.57 Å². The van der Waals surface area contributed by atoms with Crippen LogP contribution >= 0.6 is 0 Å². The van der Waals surface area contributed by atoms with E-state index in [1.165, 1.54) is 27.2 Å². The fraction of sp³-hybridized carbons (Fsp3) is 0. The normalized spacial score (nSPS) is 12.1. The van der Waals surface area contributed by atoms with E-state index >= 15 is 0 Å². The Morgan fingerprint density at radius 2 is 0.889 bits per heavy atom. The van der Waals surface area contributed by atoms with E-state index in [0.717, 1.165) is 83.2 Å². The molecule has 4 aromatic heterocycles. The number of rotatable bonds is 4. The Morgan fingerprint density at radius 3 is 1.63 bits per heavy atom. The largest absolute Gasteiger partial charge is 0.456 e.